The molecule has 0 atom stereocenters. The molecule has 2 heterocycles. The fraction of sp³-hybridized carbons (Fsp3) is 0.444. The summed E-state index contributed by atoms with van der Waals surface area (Å²) in [6.07, 6.45) is 5.74. The van der Waals surface area contributed by atoms with Gasteiger partial charge >= 0.3 is 0 Å². The number of hydrogen-bond acceptors (Lipinski definition) is 4. The predicted octanol–water partition coefficient (Wildman–Crippen LogP) is 3.93. The molecule has 1 aliphatic heterocycles. The predicted molar refractivity (Wildman–Crippen MR) is 133 cm³/mol. The molecule has 0 saturated carbocycles. The van der Waals surface area contributed by atoms with Gasteiger partial charge in [0.2, 0.25) is 5.91 Å². The number of carbonyl (C=O) groups excluding carboxylic acids is 2. The second-order valence-corrected chi connectivity index (χ2v) is 10.0. The maximum absolute atomic E-state index is 13.0. The van der Waals surface area contributed by atoms with Crippen molar-refractivity contribution in [2.75, 3.05) is 27.2 Å². The van der Waals surface area contributed by atoms with E-state index in [1.165, 1.54) is 0 Å². The number of H-pyrrole nitrogens is 1. The van der Waals surface area contributed by atoms with Crippen molar-refractivity contribution in [2.45, 2.75) is 39.5 Å². The Morgan fingerprint density at radius 2 is 1.88 bits per heavy atom. The zero-order valence-corrected chi connectivity index (χ0v) is 20.2. The molecule has 0 aliphatic carbocycles. The van der Waals surface area contributed by atoms with Gasteiger partial charge in [-0.25, -0.2) is 0 Å². The lowest BCUT2D eigenvalue weighted by atomic mass is 9.82. The van der Waals surface area contributed by atoms with Crippen LogP contribution in [0.1, 0.15) is 38.8 Å². The number of likely N-dealkylation sites (tertiary alicyclic amines) is 1. The van der Waals surface area contributed by atoms with Crippen LogP contribution in [-0.4, -0.2) is 53.7 Å². The van der Waals surface area contributed by atoms with Crippen molar-refractivity contribution in [2.24, 2.45) is 11.3 Å². The Hall–Kier alpha value is -3.15. The number of aromatic amines is 1. The summed E-state index contributed by atoms with van der Waals surface area (Å²) in [7, 11) is 3.76. The molecule has 3 rings (SSSR count). The van der Waals surface area contributed by atoms with Gasteiger partial charge in [-0.2, -0.15) is 0 Å². The lowest BCUT2D eigenvalue weighted by Gasteiger charge is -2.34. The number of fused-ring (bicyclic) bond motifs is 1. The number of nitrogens with zero attached hydrogens (tertiary/aromatic N) is 2. The summed E-state index contributed by atoms with van der Waals surface area (Å²) in [6, 6.07) is 9.52. The zero-order valence-electron chi connectivity index (χ0n) is 20.2. The van der Waals surface area contributed by atoms with Crippen LogP contribution in [0.4, 0.5) is 0 Å². The lowest BCUT2D eigenvalue weighted by molar-refractivity contribution is -0.136. The second kappa shape index (κ2) is 10.2. The average molecular weight is 450 g/mol. The molecular weight excluding hydrogens is 414 g/mol. The van der Waals surface area contributed by atoms with Crippen LogP contribution >= 0.6 is 0 Å². The first-order valence-corrected chi connectivity index (χ1v) is 11.5. The first kappa shape index (κ1) is 24.5. The van der Waals surface area contributed by atoms with Gasteiger partial charge in [0.15, 0.2) is 5.78 Å². The number of aromatic nitrogens is 1. The minimum atomic E-state index is -0.306. The molecule has 1 aliphatic rings. The quantitative estimate of drug-likeness (QED) is 0.490. The molecule has 1 aromatic heterocycles. The van der Waals surface area contributed by atoms with Crippen LogP contribution < -0.4 is 5.56 Å². The molecule has 1 fully saturated rings. The lowest BCUT2D eigenvalue weighted by Crippen LogP contribution is -2.42. The molecule has 2 aromatic rings. The number of amides is 1. The number of carbonyl (C=O) groups is 2. The fourth-order valence-corrected chi connectivity index (χ4v) is 4.58. The molecule has 0 spiro atoms. The standard InChI is InChI=1S/C27H35N3O3/c1-6-19(18-29(4)5)25(32)20-11-13-30(14-12-20)24(31)17-27(2,3)16-22-15-21-9-7-8-10-23(21)26(33)28-22/h6-10,15,18,20H,1,11-14,16-17H2,2-5H3,(H,28,33)/b19-18+. The van der Waals surface area contributed by atoms with Gasteiger partial charge < -0.3 is 14.8 Å². The van der Waals surface area contributed by atoms with E-state index >= 15 is 0 Å². The molecule has 6 nitrogen and oxygen atoms in total. The highest BCUT2D eigenvalue weighted by atomic mass is 16.2. The summed E-state index contributed by atoms with van der Waals surface area (Å²) in [5, 5.41) is 1.58. The molecule has 1 amide bonds. The molecule has 0 bridgehead atoms. The van der Waals surface area contributed by atoms with Gasteiger partial charge in [-0.1, -0.05) is 44.7 Å². The minimum absolute atomic E-state index is 0.0751. The molecule has 1 aromatic carbocycles. The van der Waals surface area contributed by atoms with Crippen LogP contribution in [-0.2, 0) is 16.0 Å². The number of hydrogen-bond donors (Lipinski definition) is 1. The smallest absolute Gasteiger partial charge is 0.256 e. The van der Waals surface area contributed by atoms with Crippen LogP contribution in [0.5, 0.6) is 0 Å². The van der Waals surface area contributed by atoms with Gasteiger partial charge in [0, 0.05) is 62.4 Å². The number of piperidine rings is 1. The molecule has 1 N–H and O–H groups in total. The molecule has 33 heavy (non-hydrogen) atoms. The van der Waals surface area contributed by atoms with Gasteiger partial charge in [-0.05, 0) is 42.2 Å². The topological polar surface area (TPSA) is 73.5 Å². The van der Waals surface area contributed by atoms with Crippen LogP contribution in [0.25, 0.3) is 10.8 Å². The van der Waals surface area contributed by atoms with Gasteiger partial charge in [0.25, 0.3) is 5.56 Å². The van der Waals surface area contributed by atoms with Crippen molar-refractivity contribution in [3.05, 3.63) is 70.8 Å². The molecule has 1 saturated heterocycles. The number of allylic oxidation sites excluding steroid dienone is 2. The van der Waals surface area contributed by atoms with Crippen molar-refractivity contribution >= 4 is 22.5 Å². The number of benzene rings is 1. The number of nitrogens with one attached hydrogen (secondary N) is 1. The van der Waals surface area contributed by atoms with Crippen molar-refractivity contribution in [1.82, 2.24) is 14.8 Å². The van der Waals surface area contributed by atoms with Crippen LogP contribution in [0.15, 0.2) is 59.6 Å². The van der Waals surface area contributed by atoms with E-state index in [0.29, 0.717) is 49.7 Å². The molecule has 176 valence electrons. The normalized spacial score (nSPS) is 15.5. The van der Waals surface area contributed by atoms with Gasteiger partial charge in [-0.15, -0.1) is 0 Å². The van der Waals surface area contributed by atoms with Crippen molar-refractivity contribution < 1.29 is 9.59 Å². The van der Waals surface area contributed by atoms with Crippen molar-refractivity contribution in [3.63, 3.8) is 0 Å². The third kappa shape index (κ3) is 6.21. The van der Waals surface area contributed by atoms with Crippen molar-refractivity contribution in [3.8, 4) is 0 Å². The van der Waals surface area contributed by atoms with Crippen molar-refractivity contribution in [1.29, 1.82) is 0 Å². The number of Topliss-reactive ketones (excluding diaryl/α,β-unsaturated/α-hetero) is 1. The van der Waals surface area contributed by atoms with Gasteiger partial charge in [0.1, 0.15) is 0 Å². The zero-order chi connectivity index (χ0) is 24.2. The van der Waals surface area contributed by atoms with Gasteiger partial charge in [0.05, 0.1) is 0 Å². The van der Waals surface area contributed by atoms with Crippen LogP contribution in [0.2, 0.25) is 0 Å². The summed E-state index contributed by atoms with van der Waals surface area (Å²) >= 11 is 0. The van der Waals surface area contributed by atoms with E-state index < -0.39 is 0 Å². The Morgan fingerprint density at radius 3 is 2.52 bits per heavy atom. The van der Waals surface area contributed by atoms with E-state index in [4.69, 9.17) is 0 Å². The van der Waals surface area contributed by atoms with E-state index in [2.05, 4.69) is 25.4 Å². The maximum Gasteiger partial charge on any atom is 0.256 e. The summed E-state index contributed by atoms with van der Waals surface area (Å²) in [5.74, 6) is 0.127. The first-order chi connectivity index (χ1) is 15.6. The van der Waals surface area contributed by atoms with Gasteiger partial charge in [-0.3, -0.25) is 14.4 Å². The SMILES string of the molecule is C=C/C(=C\N(C)C)C(=O)C1CCN(C(=O)CC(C)(C)Cc2cc3ccccc3c(=O)[nH]2)CC1. The first-order valence-electron chi connectivity index (χ1n) is 11.5. The summed E-state index contributed by atoms with van der Waals surface area (Å²) < 4.78 is 0. The Balaban J connectivity index is 1.59. The summed E-state index contributed by atoms with van der Waals surface area (Å²) in [4.78, 5) is 44.9. The van der Waals surface area contributed by atoms with E-state index in [1.54, 1.807) is 12.3 Å². The highest BCUT2D eigenvalue weighted by Gasteiger charge is 2.31. The minimum Gasteiger partial charge on any atom is -0.383 e. The Kier molecular flexibility index (Phi) is 7.57. The molecule has 0 unspecified atom stereocenters. The number of pyridine rings is 1. The highest BCUT2D eigenvalue weighted by molar-refractivity contribution is 5.99. The Bertz CT molecular complexity index is 1120. The average Bonchev–Trinajstić information content (AvgIpc) is 2.76. The number of ketones is 1. The highest BCUT2D eigenvalue weighted by Crippen LogP contribution is 2.29. The maximum atomic E-state index is 13.0. The van der Waals surface area contributed by atoms with E-state index in [-0.39, 0.29) is 28.6 Å². The van der Waals surface area contributed by atoms with Crippen LogP contribution in [0.3, 0.4) is 0 Å². The third-order valence-electron chi connectivity index (χ3n) is 6.23. The molecule has 0 radical (unpaired) electrons. The number of rotatable bonds is 8. The van der Waals surface area contributed by atoms with Crippen LogP contribution in [0, 0.1) is 11.3 Å². The van der Waals surface area contributed by atoms with E-state index in [9.17, 15) is 14.4 Å². The summed E-state index contributed by atoms with van der Waals surface area (Å²) in [5.41, 5.74) is 1.06. The monoisotopic (exact) mass is 449 g/mol. The largest absolute Gasteiger partial charge is 0.383 e. The van der Waals surface area contributed by atoms with E-state index in [0.717, 1.165) is 11.1 Å². The Morgan fingerprint density at radius 1 is 1.21 bits per heavy atom. The third-order valence-corrected chi connectivity index (χ3v) is 6.23. The Labute approximate surface area is 196 Å². The fourth-order valence-electron chi connectivity index (χ4n) is 4.58. The summed E-state index contributed by atoms with van der Waals surface area (Å²) in [6.45, 7) is 9.05. The second-order valence-electron chi connectivity index (χ2n) is 10.0. The molecule has 6 heteroatoms. The molecular formula is C27H35N3O3. The van der Waals surface area contributed by atoms with E-state index in [1.807, 2.05) is 54.2 Å².